The summed E-state index contributed by atoms with van der Waals surface area (Å²) >= 11 is 4.80. The van der Waals surface area contributed by atoms with E-state index in [0.717, 1.165) is 14.4 Å². The van der Waals surface area contributed by atoms with Gasteiger partial charge in [0.15, 0.2) is 0 Å². The Balaban J connectivity index is 2.06. The first-order valence-corrected chi connectivity index (χ1v) is 5.72. The van der Waals surface area contributed by atoms with E-state index in [9.17, 15) is 9.59 Å². The van der Waals surface area contributed by atoms with Crippen LogP contribution in [-0.4, -0.2) is 29.7 Å². The zero-order valence-electron chi connectivity index (χ0n) is 7.44. The number of hydrogen-bond acceptors (Lipinski definition) is 4. The molecule has 2 rings (SSSR count). The summed E-state index contributed by atoms with van der Waals surface area (Å²) in [5.74, 6) is -0.329. The van der Waals surface area contributed by atoms with Crippen LogP contribution in [0.4, 0.5) is 4.79 Å². The third-order valence-corrected chi connectivity index (χ3v) is 3.31. The van der Waals surface area contributed by atoms with Crippen LogP contribution in [0.1, 0.15) is 4.88 Å². The molecule has 0 aliphatic carbocycles. The van der Waals surface area contributed by atoms with E-state index in [0.29, 0.717) is 0 Å². The number of carbonyl (C=O) groups is 2. The van der Waals surface area contributed by atoms with E-state index >= 15 is 0 Å². The summed E-state index contributed by atoms with van der Waals surface area (Å²) in [7, 11) is 0. The van der Waals surface area contributed by atoms with E-state index in [1.54, 1.807) is 6.21 Å². The fraction of sp³-hybridized carbons (Fsp3) is 0.125. The van der Waals surface area contributed by atoms with Crippen LogP contribution in [0.2, 0.25) is 0 Å². The van der Waals surface area contributed by atoms with Gasteiger partial charge >= 0.3 is 6.03 Å². The predicted molar refractivity (Wildman–Crippen MR) is 59.9 cm³/mol. The molecule has 15 heavy (non-hydrogen) atoms. The minimum absolute atomic E-state index is 0.0120. The van der Waals surface area contributed by atoms with E-state index in [1.807, 2.05) is 11.4 Å². The molecule has 0 saturated carbocycles. The van der Waals surface area contributed by atoms with Gasteiger partial charge < -0.3 is 0 Å². The summed E-state index contributed by atoms with van der Waals surface area (Å²) in [6, 6.07) is 1.40. The number of hydrazone groups is 1. The van der Waals surface area contributed by atoms with Crippen molar-refractivity contribution in [3.8, 4) is 0 Å². The highest BCUT2D eigenvalue weighted by molar-refractivity contribution is 9.10. The van der Waals surface area contributed by atoms with Gasteiger partial charge in [-0.25, -0.2) is 9.80 Å². The number of urea groups is 1. The highest BCUT2D eigenvalue weighted by Gasteiger charge is 2.25. The maximum Gasteiger partial charge on any atom is 0.344 e. The molecule has 0 atom stereocenters. The Morgan fingerprint density at radius 3 is 2.93 bits per heavy atom. The van der Waals surface area contributed by atoms with Gasteiger partial charge in [0.05, 0.1) is 6.21 Å². The van der Waals surface area contributed by atoms with Crippen LogP contribution in [0.5, 0.6) is 0 Å². The summed E-state index contributed by atoms with van der Waals surface area (Å²) < 4.78 is 0.968. The van der Waals surface area contributed by atoms with E-state index < -0.39 is 6.03 Å². The molecule has 0 aromatic carbocycles. The molecular weight excluding hydrogens is 282 g/mol. The summed E-state index contributed by atoms with van der Waals surface area (Å²) in [6.07, 6.45) is 1.55. The summed E-state index contributed by atoms with van der Waals surface area (Å²) in [4.78, 5) is 22.8. The Bertz CT molecular complexity index is 443. The first-order valence-electron chi connectivity index (χ1n) is 4.04. The van der Waals surface area contributed by atoms with Gasteiger partial charge in [0.2, 0.25) is 5.91 Å². The van der Waals surface area contributed by atoms with Crippen molar-refractivity contribution in [3.63, 3.8) is 0 Å². The van der Waals surface area contributed by atoms with Crippen LogP contribution in [0.25, 0.3) is 0 Å². The first kappa shape index (κ1) is 10.3. The first-order chi connectivity index (χ1) is 7.15. The third-order valence-electron chi connectivity index (χ3n) is 1.69. The molecular formula is C8H6BrN3O2S. The zero-order valence-corrected chi connectivity index (χ0v) is 9.84. The molecule has 0 bridgehead atoms. The monoisotopic (exact) mass is 287 g/mol. The Morgan fingerprint density at radius 2 is 2.40 bits per heavy atom. The maximum atomic E-state index is 11.1. The predicted octanol–water partition coefficient (Wildman–Crippen LogP) is 1.40. The second-order valence-corrected chi connectivity index (χ2v) is 4.68. The normalized spacial score (nSPS) is 16.5. The van der Waals surface area contributed by atoms with Gasteiger partial charge in [-0.3, -0.25) is 10.1 Å². The molecule has 5 nitrogen and oxygen atoms in total. The molecule has 1 fully saturated rings. The van der Waals surface area contributed by atoms with Gasteiger partial charge in [-0.2, -0.15) is 5.10 Å². The van der Waals surface area contributed by atoms with E-state index in [1.165, 1.54) is 11.3 Å². The number of rotatable bonds is 2. The molecule has 0 unspecified atom stereocenters. The largest absolute Gasteiger partial charge is 0.344 e. The van der Waals surface area contributed by atoms with Crippen molar-refractivity contribution in [2.75, 3.05) is 6.54 Å². The number of carbonyl (C=O) groups excluding carboxylic acids is 2. The minimum atomic E-state index is -0.480. The van der Waals surface area contributed by atoms with Crippen LogP contribution >= 0.6 is 27.3 Å². The van der Waals surface area contributed by atoms with Crippen LogP contribution < -0.4 is 5.32 Å². The van der Waals surface area contributed by atoms with Crippen molar-refractivity contribution in [3.05, 3.63) is 20.8 Å². The van der Waals surface area contributed by atoms with Crippen molar-refractivity contribution < 1.29 is 9.59 Å². The van der Waals surface area contributed by atoms with Crippen molar-refractivity contribution in [1.82, 2.24) is 10.3 Å². The minimum Gasteiger partial charge on any atom is -0.275 e. The van der Waals surface area contributed by atoms with Crippen LogP contribution in [-0.2, 0) is 4.79 Å². The molecule has 0 radical (unpaired) electrons. The zero-order chi connectivity index (χ0) is 10.8. The molecule has 0 spiro atoms. The fourth-order valence-corrected chi connectivity index (χ4v) is 2.35. The molecule has 1 aromatic rings. The van der Waals surface area contributed by atoms with Crippen molar-refractivity contribution >= 4 is 45.4 Å². The summed E-state index contributed by atoms with van der Waals surface area (Å²) in [6.45, 7) is -0.0120. The molecule has 3 amide bonds. The Morgan fingerprint density at radius 1 is 1.60 bits per heavy atom. The van der Waals surface area contributed by atoms with Crippen LogP contribution in [0, 0.1) is 0 Å². The molecule has 1 saturated heterocycles. The quantitative estimate of drug-likeness (QED) is 0.660. The van der Waals surface area contributed by atoms with Gasteiger partial charge in [0, 0.05) is 14.7 Å². The fourth-order valence-electron chi connectivity index (χ4n) is 1.05. The molecule has 7 heteroatoms. The number of amides is 3. The lowest BCUT2D eigenvalue weighted by Gasteiger charge is -2.02. The SMILES string of the molecule is O=C1CN(/N=C\c2cc(Br)cs2)C(=O)N1. The van der Waals surface area contributed by atoms with Gasteiger partial charge in [0.25, 0.3) is 0 Å². The summed E-state index contributed by atoms with van der Waals surface area (Å²) in [5.41, 5.74) is 0. The number of hydrogen-bond donors (Lipinski definition) is 1. The van der Waals surface area contributed by atoms with Crippen molar-refractivity contribution in [2.24, 2.45) is 5.10 Å². The Kier molecular flexibility index (Phi) is 2.83. The number of thiophene rings is 1. The molecule has 1 aromatic heterocycles. The molecule has 1 aliphatic rings. The van der Waals surface area contributed by atoms with Gasteiger partial charge in [-0.15, -0.1) is 11.3 Å². The highest BCUT2D eigenvalue weighted by atomic mass is 79.9. The summed E-state index contributed by atoms with van der Waals surface area (Å²) in [5, 5.41) is 9.05. The lowest BCUT2D eigenvalue weighted by Crippen LogP contribution is -2.24. The van der Waals surface area contributed by atoms with E-state index in [2.05, 4.69) is 26.3 Å². The smallest absolute Gasteiger partial charge is 0.275 e. The van der Waals surface area contributed by atoms with Crippen molar-refractivity contribution in [2.45, 2.75) is 0 Å². The lowest BCUT2D eigenvalue weighted by atomic mass is 10.5. The standard InChI is InChI=1S/C8H6BrN3O2S/c9-5-1-6(15-4-5)2-10-12-3-7(13)11-8(12)14/h1-2,4H,3H2,(H,11,13,14)/b10-2-. The maximum absolute atomic E-state index is 11.1. The van der Waals surface area contributed by atoms with Gasteiger partial charge in [-0.1, -0.05) is 0 Å². The van der Waals surface area contributed by atoms with Gasteiger partial charge in [0.1, 0.15) is 6.54 Å². The molecule has 1 N–H and O–H groups in total. The third kappa shape index (κ3) is 2.42. The average Bonchev–Trinajstić information content (AvgIpc) is 2.70. The van der Waals surface area contributed by atoms with Crippen LogP contribution in [0.3, 0.4) is 0 Å². The molecule has 2 heterocycles. The van der Waals surface area contributed by atoms with E-state index in [4.69, 9.17) is 0 Å². The van der Waals surface area contributed by atoms with Crippen LogP contribution in [0.15, 0.2) is 21.0 Å². The number of nitrogens with zero attached hydrogens (tertiary/aromatic N) is 2. The molecule has 78 valence electrons. The molecule has 1 aliphatic heterocycles. The van der Waals surface area contributed by atoms with E-state index in [-0.39, 0.29) is 12.5 Å². The lowest BCUT2D eigenvalue weighted by molar-refractivity contribution is -0.118. The number of halogens is 1. The number of imide groups is 1. The van der Waals surface area contributed by atoms with Gasteiger partial charge in [-0.05, 0) is 22.0 Å². The second kappa shape index (κ2) is 4.11. The Hall–Kier alpha value is -1.21. The second-order valence-electron chi connectivity index (χ2n) is 2.82. The Labute approximate surface area is 97.9 Å². The topological polar surface area (TPSA) is 61.8 Å². The number of nitrogens with one attached hydrogen (secondary N) is 1. The van der Waals surface area contributed by atoms with Crippen molar-refractivity contribution in [1.29, 1.82) is 0 Å². The highest BCUT2D eigenvalue weighted by Crippen LogP contribution is 2.18. The average molecular weight is 288 g/mol.